The van der Waals surface area contributed by atoms with Crippen LogP contribution in [0.25, 0.3) is 27.8 Å². The van der Waals surface area contributed by atoms with Gasteiger partial charge in [0.2, 0.25) is 0 Å². The Kier molecular flexibility index (Phi) is 3.83. The fourth-order valence-electron chi connectivity index (χ4n) is 3.70. The maximum atomic E-state index is 13.5. The van der Waals surface area contributed by atoms with Crippen LogP contribution in [0, 0.1) is 0 Å². The maximum Gasteiger partial charge on any atom is 0.256 e. The molecule has 0 unspecified atom stereocenters. The van der Waals surface area contributed by atoms with Gasteiger partial charge in [-0.1, -0.05) is 36.4 Å². The lowest BCUT2D eigenvalue weighted by atomic mass is 10.0. The number of fused-ring (bicyclic) bond motifs is 3. The van der Waals surface area contributed by atoms with Gasteiger partial charge < -0.3 is 14.0 Å². The first-order valence-corrected chi connectivity index (χ1v) is 9.01. The van der Waals surface area contributed by atoms with Crippen LogP contribution in [-0.2, 0) is 4.74 Å². The molecule has 0 atom stereocenters. The number of benzene rings is 1. The van der Waals surface area contributed by atoms with Crippen molar-refractivity contribution in [3.05, 3.63) is 66.6 Å². The van der Waals surface area contributed by atoms with E-state index >= 15 is 0 Å². The molecule has 1 saturated heterocycles. The molecule has 4 aromatic rings. The van der Waals surface area contributed by atoms with E-state index in [0.29, 0.717) is 31.9 Å². The lowest BCUT2D eigenvalue weighted by Crippen LogP contribution is -2.40. The van der Waals surface area contributed by atoms with Crippen LogP contribution in [0.3, 0.4) is 0 Å². The molecule has 6 nitrogen and oxygen atoms in total. The van der Waals surface area contributed by atoms with E-state index in [0.717, 1.165) is 27.8 Å². The van der Waals surface area contributed by atoms with Gasteiger partial charge in [-0.15, -0.1) is 0 Å². The second-order valence-electron chi connectivity index (χ2n) is 6.52. The van der Waals surface area contributed by atoms with E-state index in [1.54, 1.807) is 6.33 Å². The number of amides is 1. The molecule has 0 radical (unpaired) electrons. The third kappa shape index (κ3) is 2.57. The lowest BCUT2D eigenvalue weighted by Gasteiger charge is -2.26. The van der Waals surface area contributed by atoms with Gasteiger partial charge in [0, 0.05) is 24.8 Å². The van der Waals surface area contributed by atoms with E-state index in [-0.39, 0.29) is 5.91 Å². The van der Waals surface area contributed by atoms with Crippen molar-refractivity contribution in [2.45, 2.75) is 0 Å². The second kappa shape index (κ2) is 6.48. The number of hydrogen-bond acceptors (Lipinski definition) is 4. The van der Waals surface area contributed by atoms with Crippen LogP contribution < -0.4 is 0 Å². The molecule has 0 aliphatic carbocycles. The summed E-state index contributed by atoms with van der Waals surface area (Å²) in [5.74, 6) is 0.00369. The van der Waals surface area contributed by atoms with Crippen LogP contribution in [0.2, 0.25) is 0 Å². The van der Waals surface area contributed by atoms with Crippen LogP contribution in [0.15, 0.2) is 61.1 Å². The molecule has 0 N–H and O–H groups in total. The van der Waals surface area contributed by atoms with E-state index in [4.69, 9.17) is 4.74 Å². The van der Waals surface area contributed by atoms with Gasteiger partial charge in [-0.3, -0.25) is 4.79 Å². The Balaban J connectivity index is 1.82. The molecular formula is C21H18N4O2. The van der Waals surface area contributed by atoms with Crippen molar-refractivity contribution in [2.75, 3.05) is 26.3 Å². The predicted molar refractivity (Wildman–Crippen MR) is 103 cm³/mol. The number of carbonyl (C=O) groups excluding carboxylic acids is 1. The summed E-state index contributed by atoms with van der Waals surface area (Å²) in [6, 6.07) is 15.8. The van der Waals surface area contributed by atoms with Gasteiger partial charge in [0.05, 0.1) is 35.4 Å². The van der Waals surface area contributed by atoms with Gasteiger partial charge in [-0.2, -0.15) is 0 Å². The fraction of sp³-hybridized carbons (Fsp3) is 0.190. The van der Waals surface area contributed by atoms with Gasteiger partial charge in [0.1, 0.15) is 12.0 Å². The highest BCUT2D eigenvalue weighted by Gasteiger charge is 2.27. The van der Waals surface area contributed by atoms with Crippen LogP contribution in [0.1, 0.15) is 10.4 Å². The molecule has 6 heteroatoms. The van der Waals surface area contributed by atoms with Crippen molar-refractivity contribution in [1.82, 2.24) is 19.3 Å². The number of nitrogens with zero attached hydrogens (tertiary/aromatic N) is 4. The van der Waals surface area contributed by atoms with Crippen LogP contribution in [0.5, 0.6) is 0 Å². The predicted octanol–water partition coefficient (Wildman–Crippen LogP) is 3.02. The SMILES string of the molecule is O=C(c1c2c(-c3ccccc3)ncnc2n2ccccc12)N1CCOCC1. The molecule has 134 valence electrons. The largest absolute Gasteiger partial charge is 0.378 e. The minimum atomic E-state index is 0.00369. The summed E-state index contributed by atoms with van der Waals surface area (Å²) < 4.78 is 7.38. The summed E-state index contributed by atoms with van der Waals surface area (Å²) in [7, 11) is 0. The number of morpholine rings is 1. The molecule has 3 aromatic heterocycles. The monoisotopic (exact) mass is 358 g/mol. The van der Waals surface area contributed by atoms with Crippen molar-refractivity contribution < 1.29 is 9.53 Å². The first-order chi connectivity index (χ1) is 13.3. The van der Waals surface area contributed by atoms with Crippen molar-refractivity contribution in [3.8, 4) is 11.3 Å². The minimum Gasteiger partial charge on any atom is -0.378 e. The van der Waals surface area contributed by atoms with E-state index in [2.05, 4.69) is 9.97 Å². The lowest BCUT2D eigenvalue weighted by molar-refractivity contribution is 0.0305. The summed E-state index contributed by atoms with van der Waals surface area (Å²) in [5, 5.41) is 0.798. The molecular weight excluding hydrogens is 340 g/mol. The van der Waals surface area contributed by atoms with Crippen LogP contribution in [-0.4, -0.2) is 51.5 Å². The second-order valence-corrected chi connectivity index (χ2v) is 6.52. The van der Waals surface area contributed by atoms with Gasteiger partial charge in [0.25, 0.3) is 5.91 Å². The Bertz CT molecular complexity index is 1130. The molecule has 0 bridgehead atoms. The van der Waals surface area contributed by atoms with Crippen LogP contribution >= 0.6 is 0 Å². The summed E-state index contributed by atoms with van der Waals surface area (Å²) in [6.45, 7) is 2.33. The first kappa shape index (κ1) is 16.0. The summed E-state index contributed by atoms with van der Waals surface area (Å²) in [4.78, 5) is 24.4. The van der Waals surface area contributed by atoms with Crippen LogP contribution in [0.4, 0.5) is 0 Å². The van der Waals surface area contributed by atoms with Crippen molar-refractivity contribution in [2.24, 2.45) is 0 Å². The smallest absolute Gasteiger partial charge is 0.256 e. The third-order valence-electron chi connectivity index (χ3n) is 4.98. The molecule has 4 heterocycles. The van der Waals surface area contributed by atoms with Crippen molar-refractivity contribution >= 4 is 22.5 Å². The molecule has 27 heavy (non-hydrogen) atoms. The number of hydrogen-bond donors (Lipinski definition) is 0. The standard InChI is InChI=1S/C21H18N4O2/c26-21(24-10-12-27-13-11-24)17-16-8-4-5-9-25(16)20-18(17)19(22-14-23-20)15-6-2-1-3-7-15/h1-9,14H,10-13H2. The highest BCUT2D eigenvalue weighted by atomic mass is 16.5. The van der Waals surface area contributed by atoms with Gasteiger partial charge in [-0.25, -0.2) is 9.97 Å². The topological polar surface area (TPSA) is 59.7 Å². The molecule has 1 aliphatic heterocycles. The molecule has 0 saturated carbocycles. The Hall–Kier alpha value is -3.25. The zero-order valence-electron chi connectivity index (χ0n) is 14.7. The molecule has 5 rings (SSSR count). The van der Waals surface area contributed by atoms with Crippen molar-refractivity contribution in [1.29, 1.82) is 0 Å². The number of ether oxygens (including phenoxy) is 1. The number of aromatic nitrogens is 3. The highest BCUT2D eigenvalue weighted by molar-refractivity contribution is 6.16. The van der Waals surface area contributed by atoms with Gasteiger partial charge in [-0.05, 0) is 12.1 Å². The first-order valence-electron chi connectivity index (χ1n) is 9.01. The Morgan fingerprint density at radius 2 is 1.74 bits per heavy atom. The van der Waals surface area contributed by atoms with Gasteiger partial charge >= 0.3 is 0 Å². The normalized spacial score (nSPS) is 14.7. The molecule has 1 fully saturated rings. The average molecular weight is 358 g/mol. The Morgan fingerprint density at radius 3 is 2.56 bits per heavy atom. The van der Waals surface area contributed by atoms with Gasteiger partial charge in [0.15, 0.2) is 0 Å². The number of carbonyl (C=O) groups is 1. The number of pyridine rings is 1. The average Bonchev–Trinajstić information content (AvgIpc) is 3.09. The third-order valence-corrected chi connectivity index (χ3v) is 4.98. The van der Waals surface area contributed by atoms with E-state index < -0.39 is 0 Å². The Labute approximate surface area is 156 Å². The van der Waals surface area contributed by atoms with Crippen molar-refractivity contribution in [3.63, 3.8) is 0 Å². The molecule has 0 spiro atoms. The van der Waals surface area contributed by atoms with E-state index in [1.807, 2.05) is 64.0 Å². The minimum absolute atomic E-state index is 0.00369. The molecule has 1 aliphatic rings. The summed E-state index contributed by atoms with van der Waals surface area (Å²) in [6.07, 6.45) is 3.50. The summed E-state index contributed by atoms with van der Waals surface area (Å²) in [5.41, 5.74) is 4.00. The quantitative estimate of drug-likeness (QED) is 0.553. The summed E-state index contributed by atoms with van der Waals surface area (Å²) >= 11 is 0. The highest BCUT2D eigenvalue weighted by Crippen LogP contribution is 2.33. The zero-order chi connectivity index (χ0) is 18.2. The number of rotatable bonds is 2. The van der Waals surface area contributed by atoms with E-state index in [1.165, 1.54) is 0 Å². The maximum absolute atomic E-state index is 13.5. The molecule has 1 aromatic carbocycles. The fourth-order valence-corrected chi connectivity index (χ4v) is 3.70. The van der Waals surface area contributed by atoms with E-state index in [9.17, 15) is 4.79 Å². The zero-order valence-corrected chi connectivity index (χ0v) is 14.7. The Morgan fingerprint density at radius 1 is 0.963 bits per heavy atom. The molecule has 1 amide bonds.